The molecule has 2 heterocycles. The highest BCUT2D eigenvalue weighted by molar-refractivity contribution is 7.11. The van der Waals surface area contributed by atoms with Gasteiger partial charge >= 0.3 is 0 Å². The number of hydrogen-bond acceptors (Lipinski definition) is 3. The number of rotatable bonds is 5. The molecule has 0 aliphatic carbocycles. The van der Waals surface area contributed by atoms with Gasteiger partial charge in [-0.15, -0.1) is 22.9 Å². The highest BCUT2D eigenvalue weighted by Crippen LogP contribution is 2.23. The second-order valence-corrected chi connectivity index (χ2v) is 6.77. The lowest BCUT2D eigenvalue weighted by Crippen LogP contribution is -2.05. The Balaban J connectivity index is 2.03. The van der Waals surface area contributed by atoms with Gasteiger partial charge < -0.3 is 4.57 Å². The van der Waals surface area contributed by atoms with Crippen LogP contribution in [-0.4, -0.2) is 20.4 Å². The van der Waals surface area contributed by atoms with Crippen LogP contribution in [0.5, 0.6) is 0 Å². The van der Waals surface area contributed by atoms with Gasteiger partial charge in [-0.3, -0.25) is 0 Å². The number of nitrogens with zero attached hydrogens (tertiary/aromatic N) is 3. The van der Waals surface area contributed by atoms with Crippen molar-refractivity contribution in [3.63, 3.8) is 0 Å². The number of hydrogen-bond donors (Lipinski definition) is 0. The van der Waals surface area contributed by atoms with Crippen molar-refractivity contribution < 1.29 is 0 Å². The summed E-state index contributed by atoms with van der Waals surface area (Å²) in [4.78, 5) is 10.5. The molecular formula is C15H15Cl2N3S. The molecule has 0 aliphatic rings. The van der Waals surface area contributed by atoms with Crippen molar-refractivity contribution in [3.05, 3.63) is 45.1 Å². The van der Waals surface area contributed by atoms with Gasteiger partial charge in [-0.1, -0.05) is 18.5 Å². The molecule has 0 amide bonds. The maximum Gasteiger partial charge on any atom is 0.113 e. The first-order valence-electron chi connectivity index (χ1n) is 6.85. The van der Waals surface area contributed by atoms with Gasteiger partial charge in [-0.2, -0.15) is 0 Å². The third kappa shape index (κ3) is 3.07. The largest absolute Gasteiger partial charge is 0.321 e. The van der Waals surface area contributed by atoms with Crippen LogP contribution >= 0.6 is 34.5 Å². The van der Waals surface area contributed by atoms with E-state index in [0.29, 0.717) is 10.9 Å². The topological polar surface area (TPSA) is 30.7 Å². The fraction of sp³-hybridized carbons (Fsp3) is 0.333. The molecule has 0 unspecified atom stereocenters. The summed E-state index contributed by atoms with van der Waals surface area (Å²) in [6.45, 7) is 2.87. The van der Waals surface area contributed by atoms with Crippen LogP contribution < -0.4 is 0 Å². The zero-order chi connectivity index (χ0) is 14.8. The monoisotopic (exact) mass is 339 g/mol. The quantitative estimate of drug-likeness (QED) is 0.639. The summed E-state index contributed by atoms with van der Waals surface area (Å²) < 4.78 is 2.19. The second kappa shape index (κ2) is 6.34. The van der Waals surface area contributed by atoms with E-state index in [-0.39, 0.29) is 0 Å². The summed E-state index contributed by atoms with van der Waals surface area (Å²) in [5.41, 5.74) is 1.99. The van der Waals surface area contributed by atoms with Gasteiger partial charge in [0.05, 0.1) is 17.6 Å². The van der Waals surface area contributed by atoms with Crippen LogP contribution in [0, 0.1) is 0 Å². The lowest BCUT2D eigenvalue weighted by atomic mass is 10.3. The molecule has 3 rings (SSSR count). The fourth-order valence-corrected chi connectivity index (χ4v) is 3.51. The standard InChI is InChI=1S/C15H15Cl2N3S/c1-2-11-8-18-15(21-11)9-20-13-4-3-10(17)7-12(13)19-14(20)5-6-16/h3-4,7-8H,2,5-6,9H2,1H3. The Morgan fingerprint density at radius 3 is 2.90 bits per heavy atom. The first kappa shape index (κ1) is 14.8. The van der Waals surface area contributed by atoms with Crippen molar-refractivity contribution in [2.75, 3.05) is 5.88 Å². The van der Waals surface area contributed by atoms with E-state index in [0.717, 1.165) is 41.3 Å². The average Bonchev–Trinajstić information content (AvgIpc) is 3.05. The molecular weight excluding hydrogens is 325 g/mol. The molecule has 0 saturated heterocycles. The summed E-state index contributed by atoms with van der Waals surface area (Å²) in [7, 11) is 0. The first-order valence-corrected chi connectivity index (χ1v) is 8.58. The number of thiazole rings is 1. The molecule has 0 atom stereocenters. The fourth-order valence-electron chi connectivity index (χ4n) is 2.32. The zero-order valence-corrected chi connectivity index (χ0v) is 14.0. The molecule has 0 N–H and O–H groups in total. The summed E-state index contributed by atoms with van der Waals surface area (Å²) in [6, 6.07) is 5.80. The molecule has 110 valence electrons. The van der Waals surface area contributed by atoms with Gasteiger partial charge in [0, 0.05) is 28.4 Å². The maximum atomic E-state index is 6.05. The van der Waals surface area contributed by atoms with Gasteiger partial charge in [-0.25, -0.2) is 9.97 Å². The Labute approximate surface area is 137 Å². The number of halogens is 2. The Morgan fingerprint density at radius 1 is 1.33 bits per heavy atom. The van der Waals surface area contributed by atoms with Gasteiger partial charge in [0.15, 0.2) is 0 Å². The minimum Gasteiger partial charge on any atom is -0.321 e. The third-order valence-corrected chi connectivity index (χ3v) is 4.90. The number of benzene rings is 1. The van der Waals surface area contributed by atoms with Crippen molar-refractivity contribution in [2.45, 2.75) is 26.3 Å². The number of aryl methyl sites for hydroxylation is 2. The van der Waals surface area contributed by atoms with Gasteiger partial charge in [0.1, 0.15) is 10.8 Å². The van der Waals surface area contributed by atoms with Crippen LogP contribution in [0.1, 0.15) is 22.6 Å². The van der Waals surface area contributed by atoms with E-state index in [1.165, 1.54) is 4.88 Å². The summed E-state index contributed by atoms with van der Waals surface area (Å²) in [6.07, 6.45) is 3.71. The number of alkyl halides is 1. The lowest BCUT2D eigenvalue weighted by Gasteiger charge is -2.06. The van der Waals surface area contributed by atoms with Crippen molar-refractivity contribution >= 4 is 45.6 Å². The van der Waals surface area contributed by atoms with Crippen molar-refractivity contribution in [1.29, 1.82) is 0 Å². The lowest BCUT2D eigenvalue weighted by molar-refractivity contribution is 0.750. The Kier molecular flexibility index (Phi) is 4.48. The number of fused-ring (bicyclic) bond motifs is 1. The Bertz CT molecular complexity index is 763. The molecule has 0 aliphatic heterocycles. The zero-order valence-electron chi connectivity index (χ0n) is 11.6. The van der Waals surface area contributed by atoms with Crippen LogP contribution in [0.3, 0.4) is 0 Å². The Hall–Kier alpha value is -1.10. The van der Waals surface area contributed by atoms with Gasteiger partial charge in [0.2, 0.25) is 0 Å². The van der Waals surface area contributed by atoms with Crippen LogP contribution in [0.4, 0.5) is 0 Å². The van der Waals surface area contributed by atoms with Crippen LogP contribution in [-0.2, 0) is 19.4 Å². The molecule has 0 spiro atoms. The van der Waals surface area contributed by atoms with E-state index in [4.69, 9.17) is 23.2 Å². The highest BCUT2D eigenvalue weighted by Gasteiger charge is 2.12. The van der Waals surface area contributed by atoms with Crippen LogP contribution in [0.2, 0.25) is 5.02 Å². The number of imidazole rings is 1. The molecule has 1 aromatic carbocycles. The molecule has 2 aromatic heterocycles. The summed E-state index contributed by atoms with van der Waals surface area (Å²) in [5, 5.41) is 1.80. The Morgan fingerprint density at radius 2 is 2.19 bits per heavy atom. The molecule has 3 nitrogen and oxygen atoms in total. The van der Waals surface area contributed by atoms with E-state index in [1.54, 1.807) is 11.3 Å². The summed E-state index contributed by atoms with van der Waals surface area (Å²) in [5.74, 6) is 1.53. The third-order valence-electron chi connectivity index (χ3n) is 3.35. The van der Waals surface area contributed by atoms with Crippen LogP contribution in [0.15, 0.2) is 24.4 Å². The molecule has 6 heteroatoms. The van der Waals surface area contributed by atoms with Gasteiger partial charge in [-0.05, 0) is 24.6 Å². The summed E-state index contributed by atoms with van der Waals surface area (Å²) >= 11 is 13.7. The molecule has 0 bridgehead atoms. The second-order valence-electron chi connectivity index (χ2n) is 4.76. The SMILES string of the molecule is CCc1cnc(Cn2c(CCCl)nc3cc(Cl)ccc32)s1. The molecule has 0 radical (unpaired) electrons. The van der Waals surface area contributed by atoms with Crippen molar-refractivity contribution in [3.8, 4) is 0 Å². The van der Waals surface area contributed by atoms with E-state index in [9.17, 15) is 0 Å². The smallest absolute Gasteiger partial charge is 0.113 e. The van der Waals surface area contributed by atoms with E-state index in [1.807, 2.05) is 24.4 Å². The average molecular weight is 340 g/mol. The minimum absolute atomic E-state index is 0.551. The van der Waals surface area contributed by atoms with Gasteiger partial charge in [0.25, 0.3) is 0 Å². The predicted octanol–water partition coefficient (Wildman–Crippen LogP) is 4.54. The van der Waals surface area contributed by atoms with E-state index in [2.05, 4.69) is 21.5 Å². The number of aromatic nitrogens is 3. The predicted molar refractivity (Wildman–Crippen MR) is 89.8 cm³/mol. The van der Waals surface area contributed by atoms with Crippen molar-refractivity contribution in [1.82, 2.24) is 14.5 Å². The molecule has 0 fully saturated rings. The normalized spacial score (nSPS) is 11.4. The van der Waals surface area contributed by atoms with Crippen LogP contribution in [0.25, 0.3) is 11.0 Å². The minimum atomic E-state index is 0.551. The maximum absolute atomic E-state index is 6.05. The molecule has 3 aromatic rings. The first-order chi connectivity index (χ1) is 10.2. The van der Waals surface area contributed by atoms with E-state index < -0.39 is 0 Å². The van der Waals surface area contributed by atoms with Crippen molar-refractivity contribution in [2.24, 2.45) is 0 Å². The molecule has 21 heavy (non-hydrogen) atoms. The molecule has 0 saturated carbocycles. The highest BCUT2D eigenvalue weighted by atomic mass is 35.5. The van der Waals surface area contributed by atoms with E-state index >= 15 is 0 Å².